The monoisotopic (exact) mass is 219 g/mol. The summed E-state index contributed by atoms with van der Waals surface area (Å²) in [4.78, 5) is 25.7. The molecule has 0 bridgehead atoms. The molecule has 1 aromatic heterocycles. The zero-order valence-corrected chi connectivity index (χ0v) is 8.47. The van der Waals surface area contributed by atoms with Gasteiger partial charge < -0.3 is 10.4 Å². The highest BCUT2D eigenvalue weighted by atomic mass is 16.4. The highest BCUT2D eigenvalue weighted by Gasteiger charge is 2.15. The van der Waals surface area contributed by atoms with Crippen molar-refractivity contribution in [3.8, 4) is 6.07 Å². The fourth-order valence-corrected chi connectivity index (χ4v) is 0.927. The van der Waals surface area contributed by atoms with E-state index in [1.54, 1.807) is 0 Å². The molecule has 0 unspecified atom stereocenters. The summed E-state index contributed by atoms with van der Waals surface area (Å²) in [5.74, 6) is -1.71. The van der Waals surface area contributed by atoms with Crippen LogP contribution < -0.4 is 5.32 Å². The van der Waals surface area contributed by atoms with Gasteiger partial charge in [0.05, 0.1) is 5.56 Å². The Labute approximate surface area is 91.5 Å². The molecule has 0 aliphatic heterocycles. The van der Waals surface area contributed by atoms with Crippen LogP contribution in [0.15, 0.2) is 18.3 Å². The largest absolute Gasteiger partial charge is 0.480 e. The molecule has 2 N–H and O–H groups in total. The Kier molecular flexibility index (Phi) is 3.56. The molecule has 0 saturated heterocycles. The highest BCUT2D eigenvalue weighted by molar-refractivity contribution is 5.94. The lowest BCUT2D eigenvalue weighted by molar-refractivity contribution is -0.138. The molecule has 0 spiro atoms. The van der Waals surface area contributed by atoms with Gasteiger partial charge in [0.2, 0.25) is 0 Å². The van der Waals surface area contributed by atoms with Gasteiger partial charge in [-0.05, 0) is 19.1 Å². The van der Waals surface area contributed by atoms with E-state index in [4.69, 9.17) is 10.4 Å². The summed E-state index contributed by atoms with van der Waals surface area (Å²) in [6.45, 7) is 1.35. The van der Waals surface area contributed by atoms with Gasteiger partial charge in [0.1, 0.15) is 17.8 Å². The van der Waals surface area contributed by atoms with Gasteiger partial charge in [0.15, 0.2) is 0 Å². The third-order valence-electron chi connectivity index (χ3n) is 1.84. The Bertz CT molecular complexity index is 447. The molecular formula is C10H9N3O3. The Morgan fingerprint density at radius 2 is 2.25 bits per heavy atom. The maximum atomic E-state index is 11.4. The Morgan fingerprint density at radius 3 is 2.69 bits per heavy atom. The minimum Gasteiger partial charge on any atom is -0.480 e. The fraction of sp³-hybridized carbons (Fsp3) is 0.200. The van der Waals surface area contributed by atoms with E-state index in [9.17, 15) is 9.59 Å². The summed E-state index contributed by atoms with van der Waals surface area (Å²) in [5.41, 5.74) is 0.412. The molecule has 0 aliphatic rings. The topological polar surface area (TPSA) is 103 Å². The molecule has 1 amide bonds. The average Bonchev–Trinajstić information content (AvgIpc) is 2.28. The lowest BCUT2D eigenvalue weighted by atomic mass is 10.2. The van der Waals surface area contributed by atoms with Crippen LogP contribution in [0.2, 0.25) is 0 Å². The number of aliphatic carboxylic acids is 1. The summed E-state index contributed by atoms with van der Waals surface area (Å²) in [5, 5.41) is 19.3. The Hall–Kier alpha value is -2.42. The number of carboxylic acid groups (broad SMARTS) is 1. The first-order valence-electron chi connectivity index (χ1n) is 4.44. The number of nitriles is 1. The lowest BCUT2D eigenvalue weighted by Crippen LogP contribution is -2.38. The van der Waals surface area contributed by atoms with E-state index in [0.717, 1.165) is 0 Å². The van der Waals surface area contributed by atoms with Gasteiger partial charge in [0, 0.05) is 6.20 Å². The van der Waals surface area contributed by atoms with Crippen LogP contribution >= 0.6 is 0 Å². The van der Waals surface area contributed by atoms with E-state index < -0.39 is 17.9 Å². The molecule has 1 aromatic rings. The van der Waals surface area contributed by atoms with E-state index in [2.05, 4.69) is 10.3 Å². The fourth-order valence-electron chi connectivity index (χ4n) is 0.927. The number of carboxylic acids is 1. The van der Waals surface area contributed by atoms with Crippen LogP contribution in [0.5, 0.6) is 0 Å². The minimum absolute atomic E-state index is 0.0760. The number of nitrogens with one attached hydrogen (secondary N) is 1. The second kappa shape index (κ2) is 4.89. The smallest absolute Gasteiger partial charge is 0.325 e. The third kappa shape index (κ3) is 2.78. The van der Waals surface area contributed by atoms with E-state index in [0.29, 0.717) is 5.56 Å². The molecule has 16 heavy (non-hydrogen) atoms. The third-order valence-corrected chi connectivity index (χ3v) is 1.84. The SMILES string of the molecule is C[C@@H](NC(=O)c1ccc(C#N)cn1)C(=O)O. The zero-order valence-electron chi connectivity index (χ0n) is 8.47. The Morgan fingerprint density at radius 1 is 1.56 bits per heavy atom. The van der Waals surface area contributed by atoms with Crippen molar-refractivity contribution in [3.05, 3.63) is 29.6 Å². The maximum absolute atomic E-state index is 11.4. The quantitative estimate of drug-likeness (QED) is 0.753. The van der Waals surface area contributed by atoms with Gasteiger partial charge in [0.25, 0.3) is 5.91 Å². The van der Waals surface area contributed by atoms with Crippen LogP contribution in [0.1, 0.15) is 23.0 Å². The molecule has 0 saturated carbocycles. The van der Waals surface area contributed by atoms with Crippen LogP contribution in [0.3, 0.4) is 0 Å². The number of nitrogens with zero attached hydrogens (tertiary/aromatic N) is 2. The van der Waals surface area contributed by atoms with Crippen molar-refractivity contribution in [1.82, 2.24) is 10.3 Å². The number of aromatic nitrogens is 1. The van der Waals surface area contributed by atoms with Crippen LogP contribution in [-0.2, 0) is 4.79 Å². The van der Waals surface area contributed by atoms with Crippen LogP contribution in [0.25, 0.3) is 0 Å². The number of amides is 1. The van der Waals surface area contributed by atoms with Crippen molar-refractivity contribution < 1.29 is 14.7 Å². The predicted molar refractivity (Wildman–Crippen MR) is 53.5 cm³/mol. The van der Waals surface area contributed by atoms with Gasteiger partial charge in [-0.15, -0.1) is 0 Å². The van der Waals surface area contributed by atoms with Crippen LogP contribution in [-0.4, -0.2) is 28.0 Å². The average molecular weight is 219 g/mol. The van der Waals surface area contributed by atoms with Crippen molar-refractivity contribution in [3.63, 3.8) is 0 Å². The van der Waals surface area contributed by atoms with Crippen molar-refractivity contribution in [2.45, 2.75) is 13.0 Å². The molecule has 1 atom stereocenters. The molecule has 6 heteroatoms. The van der Waals surface area contributed by atoms with Gasteiger partial charge >= 0.3 is 5.97 Å². The number of rotatable bonds is 3. The highest BCUT2D eigenvalue weighted by Crippen LogP contribution is 1.99. The lowest BCUT2D eigenvalue weighted by Gasteiger charge is -2.08. The summed E-state index contributed by atoms with van der Waals surface area (Å²) < 4.78 is 0. The molecule has 0 aromatic carbocycles. The summed E-state index contributed by atoms with van der Waals surface area (Å²) >= 11 is 0. The van der Waals surface area contributed by atoms with E-state index in [-0.39, 0.29) is 5.69 Å². The second-order valence-corrected chi connectivity index (χ2v) is 3.08. The van der Waals surface area contributed by atoms with E-state index >= 15 is 0 Å². The first-order chi connectivity index (χ1) is 7.54. The van der Waals surface area contributed by atoms with Gasteiger partial charge in [-0.25, -0.2) is 4.98 Å². The maximum Gasteiger partial charge on any atom is 0.325 e. The second-order valence-electron chi connectivity index (χ2n) is 3.08. The van der Waals surface area contributed by atoms with Gasteiger partial charge in [-0.1, -0.05) is 0 Å². The van der Waals surface area contributed by atoms with Crippen LogP contribution in [0.4, 0.5) is 0 Å². The number of pyridine rings is 1. The standard InChI is InChI=1S/C10H9N3O3/c1-6(10(15)16)13-9(14)8-3-2-7(4-11)5-12-8/h2-3,5-6H,1H3,(H,13,14)(H,15,16)/t6-/m1/s1. The van der Waals surface area contributed by atoms with Crippen molar-refractivity contribution in [1.29, 1.82) is 5.26 Å². The van der Waals surface area contributed by atoms with Crippen molar-refractivity contribution >= 4 is 11.9 Å². The molecule has 0 aliphatic carbocycles. The number of hydrogen-bond acceptors (Lipinski definition) is 4. The number of hydrogen-bond donors (Lipinski definition) is 2. The first-order valence-corrected chi connectivity index (χ1v) is 4.44. The van der Waals surface area contributed by atoms with Crippen LogP contribution in [0, 0.1) is 11.3 Å². The molecular weight excluding hydrogens is 210 g/mol. The van der Waals surface area contributed by atoms with Gasteiger partial charge in [-0.2, -0.15) is 5.26 Å². The van der Waals surface area contributed by atoms with E-state index in [1.165, 1.54) is 25.3 Å². The first kappa shape index (κ1) is 11.7. The molecule has 1 rings (SSSR count). The van der Waals surface area contributed by atoms with Crippen molar-refractivity contribution in [2.24, 2.45) is 0 Å². The summed E-state index contributed by atoms with van der Waals surface area (Å²) in [6.07, 6.45) is 1.25. The summed E-state index contributed by atoms with van der Waals surface area (Å²) in [7, 11) is 0. The molecule has 82 valence electrons. The molecule has 0 radical (unpaired) electrons. The van der Waals surface area contributed by atoms with Crippen molar-refractivity contribution in [2.75, 3.05) is 0 Å². The zero-order chi connectivity index (χ0) is 12.1. The normalized spacial score (nSPS) is 11.2. The molecule has 6 nitrogen and oxygen atoms in total. The molecule has 1 heterocycles. The minimum atomic E-state index is -1.12. The number of carbonyl (C=O) groups is 2. The van der Waals surface area contributed by atoms with E-state index in [1.807, 2.05) is 6.07 Å². The number of carbonyl (C=O) groups excluding carboxylic acids is 1. The summed E-state index contributed by atoms with van der Waals surface area (Å²) in [6, 6.07) is 3.68. The molecule has 0 fully saturated rings. The predicted octanol–water partition coefficient (Wildman–Crippen LogP) is 0.156. The Balaban J connectivity index is 2.74. The van der Waals surface area contributed by atoms with Gasteiger partial charge in [-0.3, -0.25) is 9.59 Å².